The molecule has 2 aromatic rings. The van der Waals surface area contributed by atoms with Crippen molar-refractivity contribution in [1.82, 2.24) is 9.97 Å². The van der Waals surface area contributed by atoms with Crippen molar-refractivity contribution in [3.05, 3.63) is 51.9 Å². The Morgan fingerprint density at radius 2 is 2.00 bits per heavy atom. The van der Waals surface area contributed by atoms with Crippen LogP contribution in [-0.4, -0.2) is 16.5 Å². The molecule has 0 atom stereocenters. The predicted octanol–water partition coefficient (Wildman–Crippen LogP) is 3.96. The van der Waals surface area contributed by atoms with Crippen molar-refractivity contribution < 1.29 is 0 Å². The van der Waals surface area contributed by atoms with Gasteiger partial charge in [-0.05, 0) is 25.0 Å². The van der Waals surface area contributed by atoms with Crippen molar-refractivity contribution in [3.8, 4) is 0 Å². The number of rotatable bonds is 5. The van der Waals surface area contributed by atoms with E-state index in [-0.39, 0.29) is 0 Å². The maximum atomic E-state index is 4.56. The number of hydrogen-bond acceptors (Lipinski definition) is 3. The Morgan fingerprint density at radius 1 is 1.21 bits per heavy atom. The van der Waals surface area contributed by atoms with Crippen molar-refractivity contribution in [2.75, 3.05) is 11.9 Å². The molecule has 0 aliphatic heterocycles. The first-order chi connectivity index (χ1) is 9.19. The summed E-state index contributed by atoms with van der Waals surface area (Å²) in [6.07, 6.45) is 1.83. The van der Waals surface area contributed by atoms with Crippen LogP contribution < -0.4 is 5.32 Å². The maximum absolute atomic E-state index is 4.56. The molecular weight excluding hydrogens is 302 g/mol. The van der Waals surface area contributed by atoms with Crippen LogP contribution >= 0.6 is 15.9 Å². The summed E-state index contributed by atoms with van der Waals surface area (Å²) in [5.74, 6) is 1.77. The van der Waals surface area contributed by atoms with Gasteiger partial charge in [-0.3, -0.25) is 0 Å². The van der Waals surface area contributed by atoms with E-state index in [4.69, 9.17) is 0 Å². The van der Waals surface area contributed by atoms with E-state index in [9.17, 15) is 0 Å². The van der Waals surface area contributed by atoms with Gasteiger partial charge in [0, 0.05) is 29.2 Å². The smallest absolute Gasteiger partial charge is 0.135 e. The fourth-order valence-electron chi connectivity index (χ4n) is 1.86. The molecule has 0 amide bonds. The number of aryl methyl sites for hydroxylation is 1. The van der Waals surface area contributed by atoms with Crippen molar-refractivity contribution in [2.24, 2.45) is 0 Å². The van der Waals surface area contributed by atoms with Gasteiger partial charge in [-0.25, -0.2) is 9.97 Å². The normalized spacial score (nSPS) is 10.5. The van der Waals surface area contributed by atoms with Gasteiger partial charge in [0.15, 0.2) is 0 Å². The molecule has 1 aromatic carbocycles. The first-order valence-electron chi connectivity index (χ1n) is 6.51. The Balaban J connectivity index is 2.20. The quantitative estimate of drug-likeness (QED) is 0.906. The maximum Gasteiger partial charge on any atom is 0.135 e. The second-order valence-corrected chi connectivity index (χ2v) is 5.36. The van der Waals surface area contributed by atoms with Crippen LogP contribution in [0.3, 0.4) is 0 Å². The van der Waals surface area contributed by atoms with Crippen LogP contribution in [0.2, 0.25) is 0 Å². The highest BCUT2D eigenvalue weighted by atomic mass is 79.9. The van der Waals surface area contributed by atoms with Crippen molar-refractivity contribution >= 4 is 21.7 Å². The Morgan fingerprint density at radius 3 is 2.74 bits per heavy atom. The fourth-order valence-corrected chi connectivity index (χ4v) is 2.29. The number of halogens is 1. The summed E-state index contributed by atoms with van der Waals surface area (Å²) in [5.41, 5.74) is 2.20. The minimum atomic E-state index is 0.740. The molecule has 0 unspecified atom stereocenters. The molecule has 3 nitrogen and oxygen atoms in total. The first-order valence-corrected chi connectivity index (χ1v) is 7.30. The molecule has 19 heavy (non-hydrogen) atoms. The van der Waals surface area contributed by atoms with Crippen molar-refractivity contribution in [3.63, 3.8) is 0 Å². The molecule has 100 valence electrons. The van der Waals surface area contributed by atoms with E-state index in [1.807, 2.05) is 31.2 Å². The minimum Gasteiger partial charge on any atom is -0.370 e. The van der Waals surface area contributed by atoms with E-state index in [0.717, 1.165) is 41.2 Å². The Kier molecular flexibility index (Phi) is 4.91. The van der Waals surface area contributed by atoms with Gasteiger partial charge >= 0.3 is 0 Å². The number of nitrogens with zero attached hydrogens (tertiary/aromatic N) is 2. The molecule has 0 saturated heterocycles. The number of anilines is 1. The summed E-state index contributed by atoms with van der Waals surface area (Å²) in [5, 5.41) is 3.31. The third-order valence-corrected chi connectivity index (χ3v) is 3.54. The van der Waals surface area contributed by atoms with Gasteiger partial charge in [0.1, 0.15) is 11.6 Å². The summed E-state index contributed by atoms with van der Waals surface area (Å²) in [7, 11) is 0. The highest BCUT2D eigenvalue weighted by Crippen LogP contribution is 2.19. The van der Waals surface area contributed by atoms with Gasteiger partial charge in [-0.15, -0.1) is 0 Å². The molecule has 0 bridgehead atoms. The molecule has 0 fully saturated rings. The Bertz CT molecular complexity index is 555. The lowest BCUT2D eigenvalue weighted by Crippen LogP contribution is -2.06. The average molecular weight is 320 g/mol. The largest absolute Gasteiger partial charge is 0.370 e. The van der Waals surface area contributed by atoms with Gasteiger partial charge in [-0.2, -0.15) is 0 Å². The second kappa shape index (κ2) is 6.66. The third-order valence-electron chi connectivity index (χ3n) is 2.76. The van der Waals surface area contributed by atoms with E-state index in [0.29, 0.717) is 0 Å². The summed E-state index contributed by atoms with van der Waals surface area (Å²) in [6.45, 7) is 5.08. The average Bonchev–Trinajstić information content (AvgIpc) is 2.38. The first kappa shape index (κ1) is 14.0. The summed E-state index contributed by atoms with van der Waals surface area (Å²) in [6, 6.07) is 10.2. The van der Waals surface area contributed by atoms with Gasteiger partial charge in [0.25, 0.3) is 0 Å². The number of nitrogens with one attached hydrogen (secondary N) is 1. The van der Waals surface area contributed by atoms with E-state index >= 15 is 0 Å². The molecule has 1 aromatic heterocycles. The third kappa shape index (κ3) is 4.03. The Labute approximate surface area is 122 Å². The minimum absolute atomic E-state index is 0.740. The zero-order chi connectivity index (χ0) is 13.7. The predicted molar refractivity (Wildman–Crippen MR) is 82.5 cm³/mol. The molecule has 0 radical (unpaired) electrons. The molecule has 0 aliphatic carbocycles. The highest BCUT2D eigenvalue weighted by molar-refractivity contribution is 9.10. The van der Waals surface area contributed by atoms with Gasteiger partial charge in [-0.1, -0.05) is 41.1 Å². The number of benzene rings is 1. The van der Waals surface area contributed by atoms with Crippen molar-refractivity contribution in [1.29, 1.82) is 0 Å². The topological polar surface area (TPSA) is 37.8 Å². The van der Waals surface area contributed by atoms with E-state index in [1.54, 1.807) is 0 Å². The van der Waals surface area contributed by atoms with Crippen LogP contribution in [0.1, 0.15) is 30.4 Å². The summed E-state index contributed by atoms with van der Waals surface area (Å²) < 4.78 is 1.10. The van der Waals surface area contributed by atoms with Gasteiger partial charge in [0.05, 0.1) is 0 Å². The number of hydrogen-bond donors (Lipinski definition) is 1. The van der Waals surface area contributed by atoms with Crippen LogP contribution in [-0.2, 0) is 6.42 Å². The number of aromatic nitrogens is 2. The molecule has 4 heteroatoms. The van der Waals surface area contributed by atoms with Crippen LogP contribution in [0.5, 0.6) is 0 Å². The lowest BCUT2D eigenvalue weighted by molar-refractivity contribution is 0.915. The van der Waals surface area contributed by atoms with Crippen LogP contribution in [0.15, 0.2) is 34.8 Å². The van der Waals surface area contributed by atoms with E-state index in [1.165, 1.54) is 5.56 Å². The zero-order valence-electron chi connectivity index (χ0n) is 11.3. The monoisotopic (exact) mass is 319 g/mol. The van der Waals surface area contributed by atoms with E-state index in [2.05, 4.69) is 44.2 Å². The molecular formula is C15H18BrN3. The second-order valence-electron chi connectivity index (χ2n) is 4.51. The zero-order valence-corrected chi connectivity index (χ0v) is 12.9. The highest BCUT2D eigenvalue weighted by Gasteiger charge is 2.05. The lowest BCUT2D eigenvalue weighted by atomic mass is 10.1. The summed E-state index contributed by atoms with van der Waals surface area (Å²) >= 11 is 3.56. The SMILES string of the molecule is CCCNc1cc(C)nc(Cc2ccccc2Br)n1. The van der Waals surface area contributed by atoms with Crippen molar-refractivity contribution in [2.45, 2.75) is 26.7 Å². The van der Waals surface area contributed by atoms with Crippen LogP contribution in [0.25, 0.3) is 0 Å². The van der Waals surface area contributed by atoms with Gasteiger partial charge < -0.3 is 5.32 Å². The fraction of sp³-hybridized carbons (Fsp3) is 0.333. The van der Waals surface area contributed by atoms with Crippen LogP contribution in [0.4, 0.5) is 5.82 Å². The summed E-state index contributed by atoms with van der Waals surface area (Å²) in [4.78, 5) is 9.07. The van der Waals surface area contributed by atoms with Gasteiger partial charge in [0.2, 0.25) is 0 Å². The molecule has 1 N–H and O–H groups in total. The molecule has 0 spiro atoms. The van der Waals surface area contributed by atoms with Crippen LogP contribution in [0, 0.1) is 6.92 Å². The molecule has 1 heterocycles. The Hall–Kier alpha value is -1.42. The molecule has 2 rings (SSSR count). The standard InChI is InChI=1S/C15H18BrN3/c1-3-8-17-14-9-11(2)18-15(19-14)10-12-6-4-5-7-13(12)16/h4-7,9H,3,8,10H2,1-2H3,(H,17,18,19). The lowest BCUT2D eigenvalue weighted by Gasteiger charge is -2.08. The van der Waals surface area contributed by atoms with E-state index < -0.39 is 0 Å². The molecule has 0 saturated carbocycles. The molecule has 0 aliphatic rings.